The number of fused-ring (bicyclic) bond motifs is 1. The summed E-state index contributed by atoms with van der Waals surface area (Å²) in [5.74, 6) is 1.59. The zero-order chi connectivity index (χ0) is 24.1. The summed E-state index contributed by atoms with van der Waals surface area (Å²) in [6.07, 6.45) is 3.21. The molecule has 1 heterocycles. The van der Waals surface area contributed by atoms with Gasteiger partial charge in [0.1, 0.15) is 34.2 Å². The molecular weight excluding hydrogens is 432 g/mol. The molecule has 0 radical (unpaired) electrons. The minimum Gasteiger partial charge on any atom is -0.497 e. The fourth-order valence-electron chi connectivity index (χ4n) is 3.54. The molecule has 0 aliphatic carbocycles. The predicted molar refractivity (Wildman–Crippen MR) is 130 cm³/mol. The van der Waals surface area contributed by atoms with E-state index in [0.717, 1.165) is 5.56 Å². The number of rotatable bonds is 8. The Balaban J connectivity index is 1.45. The molecule has 0 saturated heterocycles. The van der Waals surface area contributed by atoms with Crippen molar-refractivity contribution in [3.05, 3.63) is 95.3 Å². The summed E-state index contributed by atoms with van der Waals surface area (Å²) < 4.78 is 21.9. The van der Waals surface area contributed by atoms with Crippen LogP contribution in [-0.4, -0.2) is 25.5 Å². The van der Waals surface area contributed by atoms with E-state index in [1.807, 2.05) is 6.92 Å². The number of aryl methyl sites for hydroxylation is 1. The number of hydrogen-bond acceptors (Lipinski definition) is 6. The lowest BCUT2D eigenvalue weighted by molar-refractivity contribution is 0.0734. The molecule has 0 aliphatic rings. The fraction of sp³-hybridized carbons (Fsp3) is 0.143. The Labute approximate surface area is 197 Å². The van der Waals surface area contributed by atoms with Crippen LogP contribution in [0.1, 0.15) is 39.0 Å². The molecule has 0 unspecified atom stereocenters. The Morgan fingerprint density at radius 2 is 1.59 bits per heavy atom. The van der Waals surface area contributed by atoms with Gasteiger partial charge in [-0.25, -0.2) is 4.79 Å². The largest absolute Gasteiger partial charge is 0.497 e. The standard InChI is InChI=1S/C28H24O6/c1-4-32-23-14-16-26-24(17-23)27(18(2)33-26)28(30)34-22-10-5-19(6-11-22)7-15-25(29)20-8-12-21(31-3)13-9-20/h5-17H,4H2,1-3H3. The van der Waals surface area contributed by atoms with E-state index in [9.17, 15) is 9.59 Å². The monoisotopic (exact) mass is 456 g/mol. The average molecular weight is 456 g/mol. The highest BCUT2D eigenvalue weighted by Gasteiger charge is 2.21. The second-order valence-electron chi connectivity index (χ2n) is 7.51. The van der Waals surface area contributed by atoms with Gasteiger partial charge in [0.25, 0.3) is 0 Å². The van der Waals surface area contributed by atoms with Crippen LogP contribution in [0.2, 0.25) is 0 Å². The molecule has 4 rings (SSSR count). The summed E-state index contributed by atoms with van der Waals surface area (Å²) in [6, 6.07) is 19.2. The molecule has 172 valence electrons. The van der Waals surface area contributed by atoms with Gasteiger partial charge in [0.15, 0.2) is 5.78 Å². The van der Waals surface area contributed by atoms with E-state index in [2.05, 4.69) is 0 Å². The second-order valence-corrected chi connectivity index (χ2v) is 7.51. The number of furan rings is 1. The van der Waals surface area contributed by atoms with E-state index >= 15 is 0 Å². The lowest BCUT2D eigenvalue weighted by Gasteiger charge is -2.05. The van der Waals surface area contributed by atoms with E-state index in [4.69, 9.17) is 18.6 Å². The van der Waals surface area contributed by atoms with Crippen molar-refractivity contribution in [3.63, 3.8) is 0 Å². The number of ether oxygens (including phenoxy) is 3. The predicted octanol–water partition coefficient (Wildman–Crippen LogP) is 6.26. The maximum atomic E-state index is 12.9. The Kier molecular flexibility index (Phi) is 6.78. The third-order valence-corrected chi connectivity index (χ3v) is 5.24. The topological polar surface area (TPSA) is 75.0 Å². The number of carbonyl (C=O) groups excluding carboxylic acids is 2. The molecule has 34 heavy (non-hydrogen) atoms. The van der Waals surface area contributed by atoms with Crippen molar-refractivity contribution in [2.45, 2.75) is 13.8 Å². The smallest absolute Gasteiger partial charge is 0.347 e. The minimum atomic E-state index is -0.511. The Hall–Kier alpha value is -4.32. The third-order valence-electron chi connectivity index (χ3n) is 5.24. The highest BCUT2D eigenvalue weighted by Crippen LogP contribution is 2.30. The molecular formula is C28H24O6. The van der Waals surface area contributed by atoms with Crippen molar-refractivity contribution in [1.29, 1.82) is 0 Å². The number of methoxy groups -OCH3 is 1. The third kappa shape index (κ3) is 5.02. The van der Waals surface area contributed by atoms with Crippen LogP contribution < -0.4 is 14.2 Å². The molecule has 4 aromatic rings. The average Bonchev–Trinajstić information content (AvgIpc) is 3.18. The summed E-state index contributed by atoms with van der Waals surface area (Å²) >= 11 is 0. The van der Waals surface area contributed by atoms with Crippen LogP contribution in [0.3, 0.4) is 0 Å². The first-order valence-electron chi connectivity index (χ1n) is 10.8. The molecule has 0 fully saturated rings. The lowest BCUT2D eigenvalue weighted by atomic mass is 10.1. The van der Waals surface area contributed by atoms with Crippen molar-refractivity contribution in [2.75, 3.05) is 13.7 Å². The zero-order valence-electron chi connectivity index (χ0n) is 19.2. The molecule has 3 aromatic carbocycles. The van der Waals surface area contributed by atoms with Gasteiger partial charge in [0.05, 0.1) is 13.7 Å². The van der Waals surface area contributed by atoms with E-state index in [-0.39, 0.29) is 5.78 Å². The molecule has 0 saturated carbocycles. The van der Waals surface area contributed by atoms with E-state index in [0.29, 0.717) is 51.7 Å². The van der Waals surface area contributed by atoms with Crippen molar-refractivity contribution < 1.29 is 28.2 Å². The van der Waals surface area contributed by atoms with E-state index in [1.165, 1.54) is 6.08 Å². The molecule has 0 N–H and O–H groups in total. The first-order valence-corrected chi connectivity index (χ1v) is 10.8. The maximum Gasteiger partial charge on any atom is 0.347 e. The van der Waals surface area contributed by atoms with Gasteiger partial charge < -0.3 is 18.6 Å². The minimum absolute atomic E-state index is 0.119. The number of esters is 1. The van der Waals surface area contributed by atoms with Crippen LogP contribution in [-0.2, 0) is 0 Å². The Morgan fingerprint density at radius 1 is 0.912 bits per heavy atom. The number of ketones is 1. The summed E-state index contributed by atoms with van der Waals surface area (Å²) in [4.78, 5) is 25.2. The summed E-state index contributed by atoms with van der Waals surface area (Å²) in [6.45, 7) is 4.15. The van der Waals surface area contributed by atoms with Gasteiger partial charge in [0, 0.05) is 10.9 Å². The molecule has 0 aliphatic heterocycles. The highest BCUT2D eigenvalue weighted by molar-refractivity contribution is 6.07. The molecule has 0 bridgehead atoms. The van der Waals surface area contributed by atoms with Crippen molar-refractivity contribution in [1.82, 2.24) is 0 Å². The van der Waals surface area contributed by atoms with Crippen molar-refractivity contribution >= 4 is 28.8 Å². The molecule has 6 heteroatoms. The first kappa shape index (κ1) is 22.9. The number of carbonyl (C=O) groups is 2. The molecule has 0 spiro atoms. The van der Waals surface area contributed by atoms with Crippen LogP contribution in [0.5, 0.6) is 17.2 Å². The number of allylic oxidation sites excluding steroid dienone is 1. The second kappa shape index (κ2) is 10.1. The molecule has 6 nitrogen and oxygen atoms in total. The van der Waals surface area contributed by atoms with Gasteiger partial charge in [-0.05, 0) is 80.1 Å². The first-order chi connectivity index (χ1) is 16.5. The molecule has 0 atom stereocenters. The van der Waals surface area contributed by atoms with Crippen LogP contribution in [0.15, 0.2) is 77.2 Å². The van der Waals surface area contributed by atoms with Crippen molar-refractivity contribution in [3.8, 4) is 17.2 Å². The van der Waals surface area contributed by atoms with Crippen LogP contribution in [0, 0.1) is 6.92 Å². The zero-order valence-corrected chi connectivity index (χ0v) is 19.2. The molecule has 0 amide bonds. The molecule has 1 aromatic heterocycles. The summed E-state index contributed by atoms with van der Waals surface area (Å²) in [7, 11) is 1.58. The Morgan fingerprint density at radius 3 is 2.26 bits per heavy atom. The van der Waals surface area contributed by atoms with Gasteiger partial charge in [0.2, 0.25) is 0 Å². The van der Waals surface area contributed by atoms with E-state index < -0.39 is 5.97 Å². The van der Waals surface area contributed by atoms with Crippen LogP contribution >= 0.6 is 0 Å². The van der Waals surface area contributed by atoms with Gasteiger partial charge >= 0.3 is 5.97 Å². The Bertz CT molecular complexity index is 1340. The summed E-state index contributed by atoms with van der Waals surface area (Å²) in [5.41, 5.74) is 2.33. The number of hydrogen-bond donors (Lipinski definition) is 0. The summed E-state index contributed by atoms with van der Waals surface area (Å²) in [5, 5.41) is 0.644. The maximum absolute atomic E-state index is 12.9. The SMILES string of the molecule is CCOc1ccc2oc(C)c(C(=O)Oc3ccc(C=CC(=O)c4ccc(OC)cc4)cc3)c2c1. The fourth-order valence-corrected chi connectivity index (χ4v) is 3.54. The normalized spacial score (nSPS) is 11.0. The number of benzene rings is 3. The van der Waals surface area contributed by atoms with Gasteiger partial charge in [-0.1, -0.05) is 18.2 Å². The van der Waals surface area contributed by atoms with Crippen molar-refractivity contribution in [2.24, 2.45) is 0 Å². The van der Waals surface area contributed by atoms with E-state index in [1.54, 1.807) is 86.8 Å². The quantitative estimate of drug-likeness (QED) is 0.135. The van der Waals surface area contributed by atoms with Gasteiger partial charge in [-0.3, -0.25) is 4.79 Å². The lowest BCUT2D eigenvalue weighted by Crippen LogP contribution is -2.09. The van der Waals surface area contributed by atoms with Gasteiger partial charge in [-0.2, -0.15) is 0 Å². The van der Waals surface area contributed by atoms with Crippen LogP contribution in [0.4, 0.5) is 0 Å². The highest BCUT2D eigenvalue weighted by atomic mass is 16.5. The van der Waals surface area contributed by atoms with Gasteiger partial charge in [-0.15, -0.1) is 0 Å². The van der Waals surface area contributed by atoms with Crippen LogP contribution in [0.25, 0.3) is 17.0 Å².